The molecule has 1 amide bonds. The minimum atomic E-state index is -0.401. The van der Waals surface area contributed by atoms with Crippen molar-refractivity contribution in [3.63, 3.8) is 0 Å². The predicted molar refractivity (Wildman–Crippen MR) is 121 cm³/mol. The second kappa shape index (κ2) is 11.1. The zero-order chi connectivity index (χ0) is 23.1. The van der Waals surface area contributed by atoms with Gasteiger partial charge in [0, 0.05) is 20.7 Å². The predicted octanol–water partition coefficient (Wildman–Crippen LogP) is 1.68. The lowest BCUT2D eigenvalue weighted by Gasteiger charge is -2.28. The van der Waals surface area contributed by atoms with E-state index < -0.39 is 5.69 Å². The highest BCUT2D eigenvalue weighted by Gasteiger charge is 2.21. The number of hydrogen-bond donors (Lipinski definition) is 1. The van der Waals surface area contributed by atoms with Crippen LogP contribution in [0.25, 0.3) is 5.65 Å². The number of imidazole rings is 1. The topological polar surface area (TPSA) is 113 Å². The lowest BCUT2D eigenvalue weighted by Crippen LogP contribution is -2.30. The molecule has 0 atom stereocenters. The van der Waals surface area contributed by atoms with Gasteiger partial charge in [-0.1, -0.05) is 5.21 Å². The van der Waals surface area contributed by atoms with Gasteiger partial charge in [-0.2, -0.15) is 16.4 Å². The molecule has 31 heavy (non-hydrogen) atoms. The summed E-state index contributed by atoms with van der Waals surface area (Å²) in [6, 6.07) is 0. The van der Waals surface area contributed by atoms with Crippen LogP contribution in [-0.2, 0) is 16.5 Å². The normalized spacial score (nSPS) is 12.5. The van der Waals surface area contributed by atoms with Gasteiger partial charge in [-0.15, -0.1) is 5.10 Å². The van der Waals surface area contributed by atoms with E-state index in [1.165, 1.54) is 17.8 Å². The first-order chi connectivity index (χ1) is 14.6. The number of carbonyl (C=O) groups excluding carboxylic acids is 1. The number of aromatic nitrogens is 5. The van der Waals surface area contributed by atoms with Crippen molar-refractivity contribution in [1.29, 1.82) is 0 Å². The van der Waals surface area contributed by atoms with Crippen molar-refractivity contribution in [2.24, 2.45) is 7.05 Å². The van der Waals surface area contributed by atoms with Crippen LogP contribution in [0.1, 0.15) is 57.4 Å². The largest absolute Gasteiger partial charge is 0.379 e. The van der Waals surface area contributed by atoms with Crippen LogP contribution in [0.3, 0.4) is 0 Å². The summed E-state index contributed by atoms with van der Waals surface area (Å²) < 4.78 is 13.7. The number of carbonyl (C=O) groups is 1. The molecule has 0 aliphatic heterocycles. The van der Waals surface area contributed by atoms with Crippen molar-refractivity contribution in [2.75, 3.05) is 31.8 Å². The van der Waals surface area contributed by atoms with Crippen molar-refractivity contribution < 1.29 is 14.3 Å². The fourth-order valence-electron chi connectivity index (χ4n) is 2.67. The summed E-state index contributed by atoms with van der Waals surface area (Å²) in [6.07, 6.45) is 3.92. The molecular formula is C20H34N6O4S. The Morgan fingerprint density at radius 1 is 1.19 bits per heavy atom. The van der Waals surface area contributed by atoms with Crippen molar-refractivity contribution >= 4 is 23.3 Å². The first-order valence-corrected chi connectivity index (χ1v) is 11.5. The molecule has 2 aromatic rings. The Labute approximate surface area is 187 Å². The summed E-state index contributed by atoms with van der Waals surface area (Å²) in [6.45, 7) is 9.53. The zero-order valence-corrected chi connectivity index (χ0v) is 20.1. The third-order valence-corrected chi connectivity index (χ3v) is 6.13. The van der Waals surface area contributed by atoms with E-state index in [1.807, 2.05) is 11.8 Å². The number of fused-ring (bicyclic) bond motifs is 1. The van der Waals surface area contributed by atoms with Gasteiger partial charge in [0.05, 0.1) is 17.8 Å². The maximum atomic E-state index is 12.3. The molecule has 0 saturated heterocycles. The van der Waals surface area contributed by atoms with Crippen molar-refractivity contribution in [3.8, 4) is 0 Å². The number of hydrogen-bond acceptors (Lipinski definition) is 8. The third kappa shape index (κ3) is 7.58. The lowest BCUT2D eigenvalue weighted by atomic mass is 10.0. The number of methoxy groups -OCH3 is 1. The van der Waals surface area contributed by atoms with Crippen molar-refractivity contribution in [2.45, 2.75) is 58.2 Å². The summed E-state index contributed by atoms with van der Waals surface area (Å²) >= 11 is 1.84. The lowest BCUT2D eigenvalue weighted by molar-refractivity contribution is -0.0586. The van der Waals surface area contributed by atoms with Gasteiger partial charge in [0.2, 0.25) is 0 Å². The van der Waals surface area contributed by atoms with E-state index in [0.29, 0.717) is 13.2 Å². The second-order valence-electron chi connectivity index (χ2n) is 8.58. The Balaban J connectivity index is 1.64. The van der Waals surface area contributed by atoms with E-state index in [1.54, 1.807) is 7.11 Å². The maximum absolute atomic E-state index is 12.3. The number of nitrogens with one attached hydrogen (secondary N) is 1. The minimum absolute atomic E-state index is 0.105. The average Bonchev–Trinajstić information content (AvgIpc) is 3.14. The van der Waals surface area contributed by atoms with Gasteiger partial charge in [0.15, 0.2) is 11.3 Å². The van der Waals surface area contributed by atoms with Crippen LogP contribution in [0.5, 0.6) is 0 Å². The van der Waals surface area contributed by atoms with Crippen LogP contribution in [0.4, 0.5) is 0 Å². The highest BCUT2D eigenvalue weighted by Crippen LogP contribution is 2.21. The van der Waals surface area contributed by atoms with Crippen molar-refractivity contribution in [1.82, 2.24) is 29.7 Å². The summed E-state index contributed by atoms with van der Waals surface area (Å²) in [4.78, 5) is 28.3. The van der Waals surface area contributed by atoms with E-state index in [0.717, 1.165) is 35.4 Å². The van der Waals surface area contributed by atoms with Gasteiger partial charge in [-0.3, -0.25) is 4.79 Å². The maximum Gasteiger partial charge on any atom is 0.352 e. The zero-order valence-electron chi connectivity index (χ0n) is 19.3. The molecule has 174 valence electrons. The van der Waals surface area contributed by atoms with Gasteiger partial charge in [0.25, 0.3) is 5.91 Å². The van der Waals surface area contributed by atoms with Crippen LogP contribution in [0.15, 0.2) is 11.1 Å². The standard InChI is InChI=1S/C20H34N6O4S/c1-19(2,29-6)8-11-30-20(3,4)9-13-31-12-7-10-21-17(27)15-16-23-24-25(5)18(28)26(16)14-22-15/h14H,7-13H2,1-6H3,(H,21,27). The fraction of sp³-hybridized carbons (Fsp3) is 0.750. The van der Waals surface area contributed by atoms with E-state index >= 15 is 0 Å². The molecule has 2 rings (SSSR count). The smallest absolute Gasteiger partial charge is 0.352 e. The fourth-order valence-corrected chi connectivity index (χ4v) is 3.86. The Kier molecular flexibility index (Phi) is 9.01. The minimum Gasteiger partial charge on any atom is -0.379 e. The highest BCUT2D eigenvalue weighted by atomic mass is 32.2. The number of thioether (sulfide) groups is 1. The van der Waals surface area contributed by atoms with Crippen LogP contribution in [0, 0.1) is 0 Å². The van der Waals surface area contributed by atoms with Gasteiger partial charge < -0.3 is 14.8 Å². The number of rotatable bonds is 13. The van der Waals surface area contributed by atoms with Crippen LogP contribution in [0.2, 0.25) is 0 Å². The summed E-state index contributed by atoms with van der Waals surface area (Å²) in [5.41, 5.74) is -0.479. The molecule has 10 nitrogen and oxygen atoms in total. The first kappa shape index (κ1) is 25.3. The summed E-state index contributed by atoms with van der Waals surface area (Å²) in [5.74, 6) is 1.56. The highest BCUT2D eigenvalue weighted by molar-refractivity contribution is 7.99. The molecule has 0 aromatic carbocycles. The summed E-state index contributed by atoms with van der Waals surface area (Å²) in [7, 11) is 3.21. The van der Waals surface area contributed by atoms with Crippen LogP contribution in [-0.4, -0.2) is 73.3 Å². The Hall–Kier alpha value is -1.98. The van der Waals surface area contributed by atoms with Gasteiger partial charge in [-0.25, -0.2) is 14.2 Å². The molecule has 0 spiro atoms. The Morgan fingerprint density at radius 2 is 1.94 bits per heavy atom. The molecule has 0 aliphatic carbocycles. The molecule has 2 aromatic heterocycles. The van der Waals surface area contributed by atoms with E-state index in [-0.39, 0.29) is 28.5 Å². The average molecular weight is 455 g/mol. The Morgan fingerprint density at radius 3 is 2.65 bits per heavy atom. The second-order valence-corrected chi connectivity index (χ2v) is 9.80. The quantitative estimate of drug-likeness (QED) is 0.455. The summed E-state index contributed by atoms with van der Waals surface area (Å²) in [5, 5.41) is 10.4. The number of nitrogens with zero attached hydrogens (tertiary/aromatic N) is 5. The van der Waals surface area contributed by atoms with Crippen molar-refractivity contribution in [3.05, 3.63) is 22.5 Å². The van der Waals surface area contributed by atoms with Gasteiger partial charge >= 0.3 is 5.69 Å². The van der Waals surface area contributed by atoms with Gasteiger partial charge in [-0.05, 0) is 58.5 Å². The van der Waals surface area contributed by atoms with E-state index in [9.17, 15) is 9.59 Å². The molecular weight excluding hydrogens is 420 g/mol. The van der Waals surface area contributed by atoms with Crippen LogP contribution < -0.4 is 11.0 Å². The molecule has 11 heteroatoms. The molecule has 1 N–H and O–H groups in total. The van der Waals surface area contributed by atoms with Crippen LogP contribution >= 0.6 is 11.8 Å². The monoisotopic (exact) mass is 454 g/mol. The molecule has 0 bridgehead atoms. The first-order valence-electron chi connectivity index (χ1n) is 10.4. The molecule has 0 unspecified atom stereocenters. The number of amides is 1. The van der Waals surface area contributed by atoms with Gasteiger partial charge in [0.1, 0.15) is 6.33 Å². The molecule has 0 aliphatic rings. The molecule has 0 radical (unpaired) electrons. The number of aryl methyl sites for hydroxylation is 1. The molecule has 0 fully saturated rings. The molecule has 0 saturated carbocycles. The number of ether oxygens (including phenoxy) is 2. The van der Waals surface area contributed by atoms with E-state index in [4.69, 9.17) is 9.47 Å². The third-order valence-electron chi connectivity index (χ3n) is 5.06. The Bertz CT molecular complexity index is 924. The van der Waals surface area contributed by atoms with E-state index in [2.05, 4.69) is 48.3 Å². The molecule has 2 heterocycles. The SMILES string of the molecule is COC(C)(C)CCOC(C)(C)CCSCCCNC(=O)c1ncn2c(=O)n(C)nnc12.